The fourth-order valence-electron chi connectivity index (χ4n) is 5.26. The highest BCUT2D eigenvalue weighted by Gasteiger charge is 2.22. The number of halogens is 2. The zero-order valence-electron chi connectivity index (χ0n) is 22.8. The Kier molecular flexibility index (Phi) is 8.34. The Balaban J connectivity index is 1.15. The topological polar surface area (TPSA) is 95.7 Å². The first-order chi connectivity index (χ1) is 20.4. The van der Waals surface area contributed by atoms with Gasteiger partial charge in [0.05, 0.1) is 22.7 Å². The van der Waals surface area contributed by atoms with Crippen molar-refractivity contribution in [2.45, 2.75) is 31.8 Å². The van der Waals surface area contributed by atoms with Gasteiger partial charge in [-0.2, -0.15) is 0 Å². The van der Waals surface area contributed by atoms with Crippen molar-refractivity contribution in [3.63, 3.8) is 0 Å². The van der Waals surface area contributed by atoms with Crippen LogP contribution in [0.1, 0.15) is 12.0 Å². The molecule has 42 heavy (non-hydrogen) atoms. The molecule has 0 spiro atoms. The molecule has 8 nitrogen and oxygen atoms in total. The number of ether oxygens (including phenoxy) is 1. The number of rotatable bonds is 10. The molecule has 0 bridgehead atoms. The van der Waals surface area contributed by atoms with E-state index in [4.69, 9.17) is 16.3 Å². The lowest BCUT2D eigenvalue weighted by Crippen LogP contribution is -2.33. The number of anilines is 2. The van der Waals surface area contributed by atoms with Crippen molar-refractivity contribution >= 4 is 34.0 Å². The molecular weight excluding hydrogens is 557 g/mol. The minimum atomic E-state index is -0.527. The van der Waals surface area contributed by atoms with Crippen LogP contribution < -0.4 is 10.1 Å². The molecule has 5 aromatic rings. The standard InChI is InChI=1S/C32H31ClFN5O3/c33-29-14-25(5-7-31(29)42-19-21-2-1-3-24(34)12-21)37-32-28-13-22(4-6-30(28)35-20-36-32)23-8-10-38(15-23)17-27(41)18-39-11-9-26(40)16-39/h1-8,10,12-15,20,26-27,40-41H,9,11,16-19H2,(H,35,36,37). The van der Waals surface area contributed by atoms with E-state index < -0.39 is 6.10 Å². The van der Waals surface area contributed by atoms with Crippen LogP contribution >= 0.6 is 11.6 Å². The van der Waals surface area contributed by atoms with Crippen molar-refractivity contribution in [1.82, 2.24) is 19.4 Å². The second kappa shape index (κ2) is 12.5. The van der Waals surface area contributed by atoms with Gasteiger partial charge in [-0.1, -0.05) is 29.8 Å². The molecule has 0 radical (unpaired) electrons. The van der Waals surface area contributed by atoms with E-state index in [0.29, 0.717) is 41.8 Å². The maximum Gasteiger partial charge on any atom is 0.141 e. The van der Waals surface area contributed by atoms with Gasteiger partial charge in [-0.05, 0) is 71.6 Å². The first-order valence-electron chi connectivity index (χ1n) is 13.8. The van der Waals surface area contributed by atoms with Crippen molar-refractivity contribution in [2.75, 3.05) is 25.0 Å². The highest BCUT2D eigenvalue weighted by atomic mass is 35.5. The largest absolute Gasteiger partial charge is 0.487 e. The van der Waals surface area contributed by atoms with Crippen molar-refractivity contribution in [3.05, 3.63) is 102 Å². The number of nitrogens with one attached hydrogen (secondary N) is 1. The Labute approximate surface area is 248 Å². The minimum Gasteiger partial charge on any atom is -0.487 e. The predicted octanol–water partition coefficient (Wildman–Crippen LogP) is 5.64. The van der Waals surface area contributed by atoms with E-state index in [1.54, 1.807) is 24.3 Å². The summed E-state index contributed by atoms with van der Waals surface area (Å²) in [7, 11) is 0. The van der Waals surface area contributed by atoms with Crippen LogP contribution in [0.2, 0.25) is 5.02 Å². The smallest absolute Gasteiger partial charge is 0.141 e. The number of β-amino-alcohol motifs (C(OH)–C–C–N with tert-alkyl or cyclic N) is 2. The fourth-order valence-corrected chi connectivity index (χ4v) is 5.49. The van der Waals surface area contributed by atoms with Gasteiger partial charge in [0.2, 0.25) is 0 Å². The molecule has 2 atom stereocenters. The van der Waals surface area contributed by atoms with E-state index in [-0.39, 0.29) is 18.5 Å². The molecule has 0 aliphatic carbocycles. The fraction of sp³-hybridized carbons (Fsp3) is 0.250. The van der Waals surface area contributed by atoms with Crippen LogP contribution in [0.3, 0.4) is 0 Å². The number of hydrogen-bond donors (Lipinski definition) is 3. The number of hydrogen-bond acceptors (Lipinski definition) is 7. The van der Waals surface area contributed by atoms with E-state index >= 15 is 0 Å². The molecule has 10 heteroatoms. The summed E-state index contributed by atoms with van der Waals surface area (Å²) in [4.78, 5) is 11.0. The monoisotopic (exact) mass is 587 g/mol. The predicted molar refractivity (Wildman–Crippen MR) is 162 cm³/mol. The van der Waals surface area contributed by atoms with Gasteiger partial charge in [-0.15, -0.1) is 0 Å². The maximum absolute atomic E-state index is 13.5. The van der Waals surface area contributed by atoms with Gasteiger partial charge in [-0.25, -0.2) is 14.4 Å². The number of nitrogens with zero attached hydrogens (tertiary/aromatic N) is 4. The van der Waals surface area contributed by atoms with Gasteiger partial charge < -0.3 is 24.8 Å². The number of aromatic nitrogens is 3. The van der Waals surface area contributed by atoms with Gasteiger partial charge in [0.1, 0.15) is 30.3 Å². The zero-order chi connectivity index (χ0) is 29.1. The van der Waals surface area contributed by atoms with E-state index in [0.717, 1.165) is 40.7 Å². The van der Waals surface area contributed by atoms with E-state index in [1.807, 2.05) is 47.3 Å². The first kappa shape index (κ1) is 28.1. The lowest BCUT2D eigenvalue weighted by molar-refractivity contribution is 0.0997. The highest BCUT2D eigenvalue weighted by molar-refractivity contribution is 6.32. The molecule has 216 valence electrons. The summed E-state index contributed by atoms with van der Waals surface area (Å²) >= 11 is 6.50. The zero-order valence-corrected chi connectivity index (χ0v) is 23.6. The summed E-state index contributed by atoms with van der Waals surface area (Å²) in [5.41, 5.74) is 4.24. The summed E-state index contributed by atoms with van der Waals surface area (Å²) < 4.78 is 21.2. The highest BCUT2D eigenvalue weighted by Crippen LogP contribution is 2.32. The third-order valence-corrected chi connectivity index (χ3v) is 7.63. The Bertz CT molecular complexity index is 1700. The van der Waals surface area contributed by atoms with Crippen LogP contribution in [0.25, 0.3) is 22.0 Å². The van der Waals surface area contributed by atoms with Gasteiger partial charge >= 0.3 is 0 Å². The molecule has 3 N–H and O–H groups in total. The van der Waals surface area contributed by atoms with Gasteiger partial charge in [0, 0.05) is 49.6 Å². The van der Waals surface area contributed by atoms with Gasteiger partial charge in [0.25, 0.3) is 0 Å². The Morgan fingerprint density at radius 3 is 2.76 bits per heavy atom. The normalized spacial score (nSPS) is 16.1. The van der Waals surface area contributed by atoms with Crippen LogP contribution in [0.5, 0.6) is 5.75 Å². The quantitative estimate of drug-likeness (QED) is 0.195. The van der Waals surface area contributed by atoms with Crippen molar-refractivity contribution < 1.29 is 19.3 Å². The Hall–Kier alpha value is -4.02. The van der Waals surface area contributed by atoms with Crippen LogP contribution in [0, 0.1) is 5.82 Å². The third kappa shape index (κ3) is 6.71. The van der Waals surface area contributed by atoms with Gasteiger partial charge in [-0.3, -0.25) is 4.90 Å². The summed E-state index contributed by atoms with van der Waals surface area (Å²) in [6, 6.07) is 19.7. The number of aliphatic hydroxyl groups is 2. The molecule has 1 fully saturated rings. The average molecular weight is 588 g/mol. The molecule has 0 amide bonds. The Morgan fingerprint density at radius 1 is 1.05 bits per heavy atom. The summed E-state index contributed by atoms with van der Waals surface area (Å²) in [5.74, 6) is 0.816. The molecule has 2 unspecified atom stereocenters. The average Bonchev–Trinajstić information content (AvgIpc) is 3.61. The molecule has 3 heterocycles. The molecule has 1 aliphatic heterocycles. The van der Waals surface area contributed by atoms with E-state index in [2.05, 4.69) is 20.2 Å². The van der Waals surface area contributed by atoms with Crippen LogP contribution in [0.15, 0.2) is 85.5 Å². The minimum absolute atomic E-state index is 0.201. The molecule has 1 aliphatic rings. The summed E-state index contributed by atoms with van der Waals surface area (Å²) in [6.45, 7) is 2.64. The van der Waals surface area contributed by atoms with E-state index in [1.165, 1.54) is 18.5 Å². The van der Waals surface area contributed by atoms with Crippen molar-refractivity contribution in [1.29, 1.82) is 0 Å². The first-order valence-corrected chi connectivity index (χ1v) is 14.2. The van der Waals surface area contributed by atoms with Gasteiger partial charge in [0.15, 0.2) is 0 Å². The maximum atomic E-state index is 13.5. The molecule has 0 saturated carbocycles. The second-order valence-electron chi connectivity index (χ2n) is 10.6. The molecule has 1 saturated heterocycles. The Morgan fingerprint density at radius 2 is 1.95 bits per heavy atom. The number of benzene rings is 3. The lowest BCUT2D eigenvalue weighted by atomic mass is 10.1. The van der Waals surface area contributed by atoms with Crippen LogP contribution in [0.4, 0.5) is 15.9 Å². The molecular formula is C32H31ClFN5O3. The SMILES string of the molecule is OC1CCN(CC(O)Cn2ccc(-c3ccc4ncnc(Nc5ccc(OCc6cccc(F)c6)c(Cl)c5)c4c3)c2)C1. The third-order valence-electron chi connectivity index (χ3n) is 7.34. The van der Waals surface area contributed by atoms with Crippen molar-refractivity contribution in [2.24, 2.45) is 0 Å². The number of likely N-dealkylation sites (tertiary alicyclic amines) is 1. The number of aliphatic hydroxyl groups excluding tert-OH is 2. The second-order valence-corrected chi connectivity index (χ2v) is 11.0. The number of fused-ring (bicyclic) bond motifs is 1. The van der Waals surface area contributed by atoms with Crippen LogP contribution in [-0.4, -0.2) is 61.5 Å². The summed E-state index contributed by atoms with van der Waals surface area (Å²) in [5, 5.41) is 24.9. The van der Waals surface area contributed by atoms with Crippen molar-refractivity contribution in [3.8, 4) is 16.9 Å². The molecule has 2 aromatic heterocycles. The lowest BCUT2D eigenvalue weighted by Gasteiger charge is -2.19. The molecule has 3 aromatic carbocycles. The molecule has 6 rings (SSSR count). The van der Waals surface area contributed by atoms with E-state index in [9.17, 15) is 14.6 Å². The summed E-state index contributed by atoms with van der Waals surface area (Å²) in [6.07, 6.45) is 5.43. The van der Waals surface area contributed by atoms with Crippen LogP contribution in [-0.2, 0) is 13.2 Å².